The largest absolute Gasteiger partial charge is 0.462 e. The number of hydrogen-bond donors (Lipinski definition) is 0. The Labute approximate surface area is 425 Å². The summed E-state index contributed by atoms with van der Waals surface area (Å²) in [6.45, 7) is 6.36. The maximum absolute atomic E-state index is 12.8. The Morgan fingerprint density at radius 2 is 0.565 bits per heavy atom. The van der Waals surface area contributed by atoms with E-state index in [-0.39, 0.29) is 37.5 Å². The van der Waals surface area contributed by atoms with Crippen molar-refractivity contribution in [3.05, 3.63) is 109 Å². The van der Waals surface area contributed by atoms with Crippen LogP contribution in [0.2, 0.25) is 0 Å². The molecular weight excluding hydrogens is 853 g/mol. The van der Waals surface area contributed by atoms with E-state index in [1.165, 1.54) is 89.9 Å². The number of carbonyl (C=O) groups is 3. The number of unbranched alkanes of at least 4 members (excludes halogenated alkanes) is 21. The second kappa shape index (κ2) is 56.7. The molecule has 0 aromatic heterocycles. The van der Waals surface area contributed by atoms with Crippen molar-refractivity contribution in [1.82, 2.24) is 0 Å². The smallest absolute Gasteiger partial charge is 0.306 e. The minimum atomic E-state index is -0.802. The monoisotopic (exact) mass is 957 g/mol. The van der Waals surface area contributed by atoms with Crippen LogP contribution in [0.1, 0.15) is 252 Å². The Balaban J connectivity index is 4.35. The van der Waals surface area contributed by atoms with Gasteiger partial charge in [0.1, 0.15) is 13.2 Å². The van der Waals surface area contributed by atoms with E-state index < -0.39 is 6.10 Å². The second-order valence-corrected chi connectivity index (χ2v) is 18.4. The van der Waals surface area contributed by atoms with Crippen LogP contribution in [-0.2, 0) is 28.6 Å². The minimum Gasteiger partial charge on any atom is -0.462 e. The number of esters is 3. The summed E-state index contributed by atoms with van der Waals surface area (Å²) in [5.74, 6) is -0.945. The molecule has 1 unspecified atom stereocenters. The molecule has 0 radical (unpaired) electrons. The zero-order valence-corrected chi connectivity index (χ0v) is 44.8. The van der Waals surface area contributed by atoms with Crippen molar-refractivity contribution in [2.45, 2.75) is 258 Å². The zero-order chi connectivity index (χ0) is 50.0. The van der Waals surface area contributed by atoms with Gasteiger partial charge in [0, 0.05) is 19.3 Å². The first-order valence-corrected chi connectivity index (χ1v) is 28.4. The Bertz CT molecular complexity index is 1420. The van der Waals surface area contributed by atoms with Crippen molar-refractivity contribution < 1.29 is 28.6 Å². The lowest BCUT2D eigenvalue weighted by Gasteiger charge is -2.18. The summed E-state index contributed by atoms with van der Waals surface area (Å²) in [5, 5.41) is 0. The fourth-order valence-electron chi connectivity index (χ4n) is 7.58. The van der Waals surface area contributed by atoms with Gasteiger partial charge in [-0.1, -0.05) is 239 Å². The molecular formula is C63H104O6. The molecule has 0 saturated carbocycles. The van der Waals surface area contributed by atoms with Crippen LogP contribution in [-0.4, -0.2) is 37.2 Å². The molecule has 69 heavy (non-hydrogen) atoms. The quantitative estimate of drug-likeness (QED) is 0.0262. The maximum Gasteiger partial charge on any atom is 0.306 e. The van der Waals surface area contributed by atoms with Crippen LogP contribution >= 0.6 is 0 Å². The molecule has 6 nitrogen and oxygen atoms in total. The summed E-state index contributed by atoms with van der Waals surface area (Å²) < 4.78 is 16.8. The van der Waals surface area contributed by atoms with Gasteiger partial charge in [0.2, 0.25) is 0 Å². The lowest BCUT2D eigenvalue weighted by molar-refractivity contribution is -0.167. The fraction of sp³-hybridized carbons (Fsp3) is 0.667. The van der Waals surface area contributed by atoms with Gasteiger partial charge in [0.15, 0.2) is 6.10 Å². The van der Waals surface area contributed by atoms with Crippen molar-refractivity contribution in [3.63, 3.8) is 0 Å². The lowest BCUT2D eigenvalue weighted by atomic mass is 10.1. The molecule has 0 aliphatic rings. The Morgan fingerprint density at radius 3 is 0.913 bits per heavy atom. The van der Waals surface area contributed by atoms with E-state index in [1.807, 2.05) is 0 Å². The third kappa shape index (κ3) is 54.9. The van der Waals surface area contributed by atoms with E-state index in [2.05, 4.69) is 130 Å². The predicted molar refractivity (Wildman–Crippen MR) is 297 cm³/mol. The summed E-state index contributed by atoms with van der Waals surface area (Å²) >= 11 is 0. The van der Waals surface area contributed by atoms with Crippen LogP contribution in [0.15, 0.2) is 109 Å². The van der Waals surface area contributed by atoms with E-state index in [0.717, 1.165) is 116 Å². The van der Waals surface area contributed by atoms with Gasteiger partial charge in [-0.2, -0.15) is 0 Å². The second-order valence-electron chi connectivity index (χ2n) is 18.4. The summed E-state index contributed by atoms with van der Waals surface area (Å²) in [4.78, 5) is 38.1. The van der Waals surface area contributed by atoms with E-state index >= 15 is 0 Å². The highest BCUT2D eigenvalue weighted by atomic mass is 16.6. The lowest BCUT2D eigenvalue weighted by Crippen LogP contribution is -2.30. The summed E-state index contributed by atoms with van der Waals surface area (Å²) in [5.41, 5.74) is 0. The van der Waals surface area contributed by atoms with Crippen LogP contribution in [0.4, 0.5) is 0 Å². The molecule has 0 amide bonds. The Kier molecular flexibility index (Phi) is 53.4. The molecule has 0 aliphatic carbocycles. The number of carbonyl (C=O) groups excluding carboxylic acids is 3. The van der Waals surface area contributed by atoms with E-state index in [1.54, 1.807) is 0 Å². The third-order valence-electron chi connectivity index (χ3n) is 11.8. The zero-order valence-electron chi connectivity index (χ0n) is 44.8. The van der Waals surface area contributed by atoms with Crippen LogP contribution in [0.3, 0.4) is 0 Å². The average molecular weight is 958 g/mol. The van der Waals surface area contributed by atoms with Crippen molar-refractivity contribution in [3.8, 4) is 0 Å². The third-order valence-corrected chi connectivity index (χ3v) is 11.8. The van der Waals surface area contributed by atoms with Crippen molar-refractivity contribution in [1.29, 1.82) is 0 Å². The van der Waals surface area contributed by atoms with Crippen LogP contribution in [0.25, 0.3) is 0 Å². The van der Waals surface area contributed by atoms with Crippen molar-refractivity contribution >= 4 is 17.9 Å². The Morgan fingerprint density at radius 1 is 0.304 bits per heavy atom. The van der Waals surface area contributed by atoms with Crippen LogP contribution in [0, 0.1) is 0 Å². The minimum absolute atomic E-state index is 0.0960. The Hall–Kier alpha value is -3.93. The van der Waals surface area contributed by atoms with E-state index in [4.69, 9.17) is 14.2 Å². The molecule has 392 valence electrons. The van der Waals surface area contributed by atoms with Gasteiger partial charge in [-0.3, -0.25) is 14.4 Å². The fourth-order valence-corrected chi connectivity index (χ4v) is 7.58. The number of rotatable bonds is 50. The summed E-state index contributed by atoms with van der Waals surface area (Å²) in [7, 11) is 0. The number of allylic oxidation sites excluding steroid dienone is 18. The predicted octanol–water partition coefficient (Wildman–Crippen LogP) is 19.1. The first-order chi connectivity index (χ1) is 34.0. The molecule has 0 aliphatic heterocycles. The number of ether oxygens (including phenoxy) is 3. The molecule has 0 fully saturated rings. The molecule has 6 heteroatoms. The number of hydrogen-bond acceptors (Lipinski definition) is 6. The average Bonchev–Trinajstić information content (AvgIpc) is 3.35. The van der Waals surface area contributed by atoms with Gasteiger partial charge < -0.3 is 14.2 Å². The van der Waals surface area contributed by atoms with Crippen LogP contribution in [0.5, 0.6) is 0 Å². The highest BCUT2D eigenvalue weighted by molar-refractivity contribution is 5.71. The molecule has 0 spiro atoms. The van der Waals surface area contributed by atoms with Gasteiger partial charge in [0.25, 0.3) is 0 Å². The van der Waals surface area contributed by atoms with Gasteiger partial charge in [0.05, 0.1) is 0 Å². The molecule has 0 aromatic carbocycles. The van der Waals surface area contributed by atoms with Gasteiger partial charge in [-0.25, -0.2) is 0 Å². The summed E-state index contributed by atoms with van der Waals surface area (Å²) in [6.07, 6.45) is 76.6. The van der Waals surface area contributed by atoms with Gasteiger partial charge >= 0.3 is 17.9 Å². The topological polar surface area (TPSA) is 78.9 Å². The molecule has 1 atom stereocenters. The molecule has 0 aromatic rings. The van der Waals surface area contributed by atoms with Gasteiger partial charge in [-0.05, 0) is 103 Å². The normalized spacial score (nSPS) is 12.9. The van der Waals surface area contributed by atoms with Crippen LogP contribution < -0.4 is 0 Å². The molecule has 0 bridgehead atoms. The SMILES string of the molecule is CC/C=C\C/C=C\C/C=C\C/C=C\C/C=C\CCCCCCCCCCCC(=O)OCC(COC(=O)CCCCCCCCCCCCC)OC(=O)CCCC/C=C\C/C=C\C/C=C\C/C=C\CC. The first kappa shape index (κ1) is 65.1. The van der Waals surface area contributed by atoms with E-state index in [0.29, 0.717) is 19.3 Å². The van der Waals surface area contributed by atoms with Gasteiger partial charge in [-0.15, -0.1) is 0 Å². The standard InChI is InChI=1S/C63H104O6/c1-4-7-10-13-16-19-22-24-26-27-28-29-30-31-32-33-34-35-37-38-41-44-47-50-53-56-62(65)68-59-60(58-67-61(64)55-52-49-46-43-40-21-18-15-12-9-6-3)69-63(66)57-54-51-48-45-42-39-36-25-23-20-17-14-11-8-5-2/h7-8,10-11,16-17,19-20,24-26,28-29,31-32,36,42,45,60H,4-6,9,12-15,18,21-23,27,30,33-35,37-41,43-44,46-59H2,1-3H3/b10-7-,11-8-,19-16-,20-17-,26-24-,29-28-,32-31-,36-25-,45-42-. The molecule has 0 heterocycles. The maximum atomic E-state index is 12.8. The van der Waals surface area contributed by atoms with Crippen molar-refractivity contribution in [2.24, 2.45) is 0 Å². The highest BCUT2D eigenvalue weighted by Gasteiger charge is 2.19. The first-order valence-electron chi connectivity index (χ1n) is 28.4. The van der Waals surface area contributed by atoms with E-state index in [9.17, 15) is 14.4 Å². The van der Waals surface area contributed by atoms with Crippen molar-refractivity contribution in [2.75, 3.05) is 13.2 Å². The molecule has 0 N–H and O–H groups in total. The molecule has 0 saturated heterocycles. The summed E-state index contributed by atoms with van der Waals surface area (Å²) in [6, 6.07) is 0. The molecule has 0 rings (SSSR count). The highest BCUT2D eigenvalue weighted by Crippen LogP contribution is 2.15.